The average molecular weight is 352 g/mol. The van der Waals surface area contributed by atoms with Crippen molar-refractivity contribution in [2.75, 3.05) is 7.11 Å². The first-order valence-corrected chi connectivity index (χ1v) is 8.52. The summed E-state index contributed by atoms with van der Waals surface area (Å²) in [5, 5.41) is 11.0. The maximum absolute atomic E-state index is 13.2. The minimum atomic E-state index is -1.18. The molecule has 0 saturated heterocycles. The van der Waals surface area contributed by atoms with E-state index in [2.05, 4.69) is 0 Å². The Morgan fingerprint density at radius 1 is 1.19 bits per heavy atom. The summed E-state index contributed by atoms with van der Waals surface area (Å²) in [6.07, 6.45) is -0.0867. The second kappa shape index (κ2) is 4.78. The molecule has 0 radical (unpaired) electrons. The van der Waals surface area contributed by atoms with Crippen molar-refractivity contribution in [2.45, 2.75) is 37.4 Å². The summed E-state index contributed by atoms with van der Waals surface area (Å²) >= 11 is 0. The zero-order chi connectivity index (χ0) is 18.4. The van der Waals surface area contributed by atoms with Gasteiger partial charge >= 0.3 is 0 Å². The Morgan fingerprint density at radius 3 is 2.69 bits per heavy atom. The number of carbonyl (C=O) groups is 3. The zero-order valence-corrected chi connectivity index (χ0v) is 14.3. The van der Waals surface area contributed by atoms with Gasteiger partial charge in [-0.1, -0.05) is 12.1 Å². The van der Waals surface area contributed by atoms with Crippen molar-refractivity contribution in [3.8, 4) is 0 Å². The Balaban J connectivity index is 1.88. The first-order chi connectivity index (χ1) is 12.4. The van der Waals surface area contributed by atoms with Crippen molar-refractivity contribution < 1.29 is 28.6 Å². The lowest BCUT2D eigenvalue weighted by Crippen LogP contribution is -2.56. The summed E-state index contributed by atoms with van der Waals surface area (Å²) in [5.74, 6) is -0.637. The van der Waals surface area contributed by atoms with E-state index >= 15 is 0 Å². The highest BCUT2D eigenvalue weighted by Crippen LogP contribution is 2.51. The van der Waals surface area contributed by atoms with Crippen LogP contribution in [0.4, 0.5) is 0 Å². The third kappa shape index (κ3) is 1.53. The van der Waals surface area contributed by atoms with Crippen molar-refractivity contribution in [3.63, 3.8) is 0 Å². The fourth-order valence-electron chi connectivity index (χ4n) is 4.85. The van der Waals surface area contributed by atoms with E-state index in [0.717, 1.165) is 0 Å². The van der Waals surface area contributed by atoms with Crippen LogP contribution >= 0.6 is 0 Å². The van der Waals surface area contributed by atoms with E-state index in [9.17, 15) is 19.5 Å². The van der Waals surface area contributed by atoms with Gasteiger partial charge in [-0.15, -0.1) is 0 Å². The van der Waals surface area contributed by atoms with E-state index in [0.29, 0.717) is 40.7 Å². The number of aliphatic hydroxyl groups is 1. The quantitative estimate of drug-likeness (QED) is 0.842. The van der Waals surface area contributed by atoms with Crippen LogP contribution in [0.15, 0.2) is 22.8 Å². The monoisotopic (exact) mass is 352 g/mol. The molecule has 0 amide bonds. The van der Waals surface area contributed by atoms with Crippen LogP contribution in [-0.2, 0) is 16.6 Å². The third-order valence-corrected chi connectivity index (χ3v) is 6.17. The van der Waals surface area contributed by atoms with Gasteiger partial charge < -0.3 is 14.3 Å². The maximum Gasteiger partial charge on any atom is 0.229 e. The number of fused-ring (bicyclic) bond motifs is 4. The molecule has 132 valence electrons. The SMILES string of the molecule is COC1C(=O)c2coc3c2C(C)(c2ccc4c(c2C3=O)CCC4=O)[C@@H]1O. The lowest BCUT2D eigenvalue weighted by molar-refractivity contribution is -0.0319. The number of ketones is 3. The van der Waals surface area contributed by atoms with Crippen LogP contribution in [0.5, 0.6) is 0 Å². The lowest BCUT2D eigenvalue weighted by atomic mass is 9.59. The van der Waals surface area contributed by atoms with Crippen LogP contribution in [0.25, 0.3) is 0 Å². The average Bonchev–Trinajstić information content (AvgIpc) is 3.23. The van der Waals surface area contributed by atoms with Gasteiger partial charge in [0.05, 0.1) is 11.0 Å². The topological polar surface area (TPSA) is 93.8 Å². The molecule has 6 nitrogen and oxygen atoms in total. The van der Waals surface area contributed by atoms with Crippen LogP contribution in [0.3, 0.4) is 0 Å². The molecule has 0 fully saturated rings. The highest BCUT2D eigenvalue weighted by Gasteiger charge is 2.57. The largest absolute Gasteiger partial charge is 0.460 e. The summed E-state index contributed by atoms with van der Waals surface area (Å²) in [4.78, 5) is 37.9. The van der Waals surface area contributed by atoms with Gasteiger partial charge in [0.25, 0.3) is 0 Å². The molecule has 3 aliphatic carbocycles. The van der Waals surface area contributed by atoms with Crippen LogP contribution in [0.1, 0.15) is 66.9 Å². The number of methoxy groups -OCH3 is 1. The first-order valence-electron chi connectivity index (χ1n) is 8.52. The molecule has 1 aromatic heterocycles. The summed E-state index contributed by atoms with van der Waals surface area (Å²) in [6, 6.07) is 3.44. The van der Waals surface area contributed by atoms with E-state index in [4.69, 9.17) is 9.15 Å². The molecule has 5 rings (SSSR count). The molecule has 0 saturated carbocycles. The molecule has 1 N–H and O–H groups in total. The summed E-state index contributed by atoms with van der Waals surface area (Å²) in [7, 11) is 1.37. The smallest absolute Gasteiger partial charge is 0.229 e. The Labute approximate surface area is 148 Å². The normalized spacial score (nSPS) is 28.8. The van der Waals surface area contributed by atoms with E-state index < -0.39 is 23.4 Å². The molecule has 2 unspecified atom stereocenters. The van der Waals surface area contributed by atoms with Gasteiger partial charge in [-0.3, -0.25) is 14.4 Å². The van der Waals surface area contributed by atoms with Crippen molar-refractivity contribution >= 4 is 17.3 Å². The van der Waals surface area contributed by atoms with E-state index in [1.165, 1.54) is 13.4 Å². The molecule has 2 aromatic rings. The molecule has 0 bridgehead atoms. The first kappa shape index (κ1) is 15.7. The molecule has 26 heavy (non-hydrogen) atoms. The highest BCUT2D eigenvalue weighted by molar-refractivity contribution is 6.18. The minimum absolute atomic E-state index is 0.0147. The minimum Gasteiger partial charge on any atom is -0.460 e. The van der Waals surface area contributed by atoms with Gasteiger partial charge in [0.15, 0.2) is 17.3 Å². The third-order valence-electron chi connectivity index (χ3n) is 6.17. The number of benzene rings is 1. The number of aliphatic hydroxyl groups excluding tert-OH is 1. The van der Waals surface area contributed by atoms with E-state index in [1.807, 2.05) is 0 Å². The Bertz CT molecular complexity index is 1030. The molecule has 6 heteroatoms. The standard InChI is InChI=1S/C20H16O6/c1-20-11-5-3-8-9(4-6-12(8)21)13(11)16(23)17-14(20)10(7-26-17)15(22)18(25-2)19(20)24/h3,5,7,18-19,24H,4,6H2,1-2H3/t18?,19-,20?/m1/s1. The number of carbonyl (C=O) groups excluding carboxylic acids is 3. The number of furan rings is 1. The van der Waals surface area contributed by atoms with E-state index in [-0.39, 0.29) is 22.9 Å². The predicted octanol–water partition coefficient (Wildman–Crippen LogP) is 1.83. The summed E-state index contributed by atoms with van der Waals surface area (Å²) < 4.78 is 10.8. The molecule has 1 aromatic carbocycles. The number of Topliss-reactive ketones (excluding diaryl/α,β-unsaturated/α-hetero) is 2. The lowest BCUT2D eigenvalue weighted by Gasteiger charge is -2.44. The van der Waals surface area contributed by atoms with Crippen molar-refractivity contribution in [1.29, 1.82) is 0 Å². The number of ether oxygens (including phenoxy) is 1. The van der Waals surface area contributed by atoms with Gasteiger partial charge in [-0.25, -0.2) is 0 Å². The summed E-state index contributed by atoms with van der Waals surface area (Å²) in [5.41, 5.74) is 1.97. The van der Waals surface area contributed by atoms with Crippen LogP contribution in [-0.4, -0.2) is 41.8 Å². The van der Waals surface area contributed by atoms with Crippen LogP contribution in [0, 0.1) is 0 Å². The van der Waals surface area contributed by atoms with Crippen molar-refractivity contribution in [3.05, 3.63) is 57.5 Å². The van der Waals surface area contributed by atoms with Crippen LogP contribution in [0.2, 0.25) is 0 Å². The van der Waals surface area contributed by atoms with Gasteiger partial charge in [-0.05, 0) is 24.5 Å². The van der Waals surface area contributed by atoms with Gasteiger partial charge in [0.1, 0.15) is 18.5 Å². The Morgan fingerprint density at radius 2 is 1.96 bits per heavy atom. The predicted molar refractivity (Wildman–Crippen MR) is 88.8 cm³/mol. The molecule has 3 atom stereocenters. The fourth-order valence-corrected chi connectivity index (χ4v) is 4.85. The van der Waals surface area contributed by atoms with Gasteiger partial charge in [-0.2, -0.15) is 0 Å². The molecular weight excluding hydrogens is 336 g/mol. The molecule has 1 heterocycles. The Hall–Kier alpha value is -2.57. The van der Waals surface area contributed by atoms with Gasteiger partial charge in [0.2, 0.25) is 5.78 Å². The van der Waals surface area contributed by atoms with Crippen LogP contribution < -0.4 is 0 Å². The second-order valence-corrected chi connectivity index (χ2v) is 7.29. The number of rotatable bonds is 1. The summed E-state index contributed by atoms with van der Waals surface area (Å²) in [6.45, 7) is 1.79. The highest BCUT2D eigenvalue weighted by atomic mass is 16.5. The fraction of sp³-hybridized carbons (Fsp3) is 0.350. The van der Waals surface area contributed by atoms with Crippen molar-refractivity contribution in [1.82, 2.24) is 0 Å². The number of hydrogen-bond acceptors (Lipinski definition) is 6. The second-order valence-electron chi connectivity index (χ2n) is 7.29. The Kier molecular flexibility index (Phi) is 2.88. The molecular formula is C20H16O6. The molecule has 3 aliphatic rings. The number of hydrogen-bond donors (Lipinski definition) is 1. The van der Waals surface area contributed by atoms with E-state index in [1.54, 1.807) is 19.1 Å². The zero-order valence-electron chi connectivity index (χ0n) is 14.3. The maximum atomic E-state index is 13.2. The molecule has 0 aliphatic heterocycles. The molecule has 0 spiro atoms. The van der Waals surface area contributed by atoms with Gasteiger partial charge in [0, 0.05) is 30.2 Å². The van der Waals surface area contributed by atoms with Crippen molar-refractivity contribution in [2.24, 2.45) is 0 Å².